The van der Waals surface area contributed by atoms with Crippen LogP contribution in [0.5, 0.6) is 11.5 Å². The molecule has 0 saturated carbocycles. The topological polar surface area (TPSA) is 64.6 Å². The lowest BCUT2D eigenvalue weighted by atomic mass is 10.1. The van der Waals surface area contributed by atoms with Crippen molar-refractivity contribution in [2.75, 3.05) is 32.8 Å². The van der Waals surface area contributed by atoms with Crippen LogP contribution in [0.4, 0.5) is 0 Å². The van der Waals surface area contributed by atoms with Crippen LogP contribution in [0.2, 0.25) is 0 Å². The third-order valence-corrected chi connectivity index (χ3v) is 4.07. The van der Waals surface area contributed by atoms with Gasteiger partial charge >= 0.3 is 0 Å². The van der Waals surface area contributed by atoms with E-state index in [9.17, 15) is 8.42 Å². The van der Waals surface area contributed by atoms with Gasteiger partial charge < -0.3 is 14.8 Å². The highest BCUT2D eigenvalue weighted by Gasteiger charge is 2.10. The second-order valence-electron chi connectivity index (χ2n) is 4.75. The van der Waals surface area contributed by atoms with Crippen LogP contribution in [0, 0.1) is 0 Å². The molecule has 0 amide bonds. The van der Waals surface area contributed by atoms with Crippen molar-refractivity contribution in [2.45, 2.75) is 19.4 Å². The maximum absolute atomic E-state index is 11.0. The van der Waals surface area contributed by atoms with Crippen molar-refractivity contribution in [3.05, 3.63) is 23.8 Å². The lowest BCUT2D eigenvalue weighted by Crippen LogP contribution is -2.12. The van der Waals surface area contributed by atoms with E-state index in [4.69, 9.17) is 9.47 Å². The van der Waals surface area contributed by atoms with E-state index >= 15 is 0 Å². The molecule has 1 aromatic carbocycles. The Kier molecular flexibility index (Phi) is 6.29. The van der Waals surface area contributed by atoms with Crippen molar-refractivity contribution in [2.24, 2.45) is 0 Å². The smallest absolute Gasteiger partial charge is 0.161 e. The molecule has 0 heterocycles. The fourth-order valence-corrected chi connectivity index (χ4v) is 2.38. The van der Waals surface area contributed by atoms with Gasteiger partial charge in [0.05, 0.1) is 19.5 Å². The molecule has 114 valence electrons. The Morgan fingerprint density at radius 2 is 2.00 bits per heavy atom. The second-order valence-corrected chi connectivity index (χ2v) is 7.01. The number of methoxy groups -OCH3 is 1. The highest BCUT2D eigenvalue weighted by Crippen LogP contribution is 2.30. The van der Waals surface area contributed by atoms with Crippen LogP contribution in [-0.4, -0.2) is 41.2 Å². The first-order chi connectivity index (χ1) is 9.37. The third-order valence-electron chi connectivity index (χ3n) is 3.04. The maximum atomic E-state index is 11.0. The Bertz CT molecular complexity index is 528. The van der Waals surface area contributed by atoms with E-state index in [1.54, 1.807) is 7.11 Å². The maximum Gasteiger partial charge on any atom is 0.161 e. The molecule has 1 N–H and O–H groups in total. The van der Waals surface area contributed by atoms with Gasteiger partial charge in [-0.25, -0.2) is 8.42 Å². The van der Waals surface area contributed by atoms with Gasteiger partial charge in [-0.1, -0.05) is 6.07 Å². The lowest BCUT2D eigenvalue weighted by molar-refractivity contribution is 0.294. The highest BCUT2D eigenvalue weighted by atomic mass is 32.2. The van der Waals surface area contributed by atoms with Crippen LogP contribution in [0.25, 0.3) is 0 Å². The molecular formula is C14H23NO4S. The van der Waals surface area contributed by atoms with Gasteiger partial charge in [-0.05, 0) is 38.1 Å². The molecule has 1 unspecified atom stereocenters. The third kappa shape index (κ3) is 5.38. The van der Waals surface area contributed by atoms with Gasteiger partial charge in [0.15, 0.2) is 11.5 Å². The van der Waals surface area contributed by atoms with E-state index in [-0.39, 0.29) is 11.8 Å². The number of ether oxygens (including phenoxy) is 2. The van der Waals surface area contributed by atoms with Crippen molar-refractivity contribution in [3.63, 3.8) is 0 Å². The van der Waals surface area contributed by atoms with Gasteiger partial charge in [-0.3, -0.25) is 0 Å². The molecular weight excluding hydrogens is 278 g/mol. The molecule has 0 aromatic heterocycles. The molecule has 0 aliphatic carbocycles. The summed E-state index contributed by atoms with van der Waals surface area (Å²) in [5.74, 6) is 1.42. The first-order valence-electron chi connectivity index (χ1n) is 6.53. The van der Waals surface area contributed by atoms with E-state index in [1.165, 1.54) is 6.26 Å². The summed E-state index contributed by atoms with van der Waals surface area (Å²) < 4.78 is 33.0. The average Bonchev–Trinajstić information content (AvgIpc) is 2.41. The predicted octanol–water partition coefficient (Wildman–Crippen LogP) is 1.79. The van der Waals surface area contributed by atoms with Crippen molar-refractivity contribution < 1.29 is 17.9 Å². The summed E-state index contributed by atoms with van der Waals surface area (Å²) in [6, 6.07) is 5.97. The van der Waals surface area contributed by atoms with Crippen molar-refractivity contribution in [1.82, 2.24) is 5.32 Å². The molecule has 1 aromatic rings. The molecule has 0 fully saturated rings. The Morgan fingerprint density at radius 3 is 2.55 bits per heavy atom. The molecule has 0 aliphatic heterocycles. The first-order valence-corrected chi connectivity index (χ1v) is 8.59. The summed E-state index contributed by atoms with van der Waals surface area (Å²) in [6.07, 6.45) is 1.69. The molecule has 1 rings (SSSR count). The van der Waals surface area contributed by atoms with E-state index < -0.39 is 9.84 Å². The van der Waals surface area contributed by atoms with Gasteiger partial charge in [0, 0.05) is 12.3 Å². The molecule has 1 atom stereocenters. The molecule has 0 radical (unpaired) electrons. The minimum atomic E-state index is -2.94. The number of sulfone groups is 1. The zero-order valence-electron chi connectivity index (χ0n) is 12.5. The Morgan fingerprint density at radius 1 is 1.30 bits per heavy atom. The Balaban J connectivity index is 2.66. The second kappa shape index (κ2) is 7.50. The monoisotopic (exact) mass is 301 g/mol. The number of hydrogen-bond donors (Lipinski definition) is 1. The van der Waals surface area contributed by atoms with Crippen LogP contribution in [0.15, 0.2) is 18.2 Å². The van der Waals surface area contributed by atoms with E-state index in [0.29, 0.717) is 24.5 Å². The summed E-state index contributed by atoms with van der Waals surface area (Å²) in [5, 5.41) is 3.16. The highest BCUT2D eigenvalue weighted by molar-refractivity contribution is 7.90. The van der Waals surface area contributed by atoms with Crippen LogP contribution >= 0.6 is 0 Å². The fourth-order valence-electron chi connectivity index (χ4n) is 1.74. The molecule has 0 aliphatic rings. The summed E-state index contributed by atoms with van der Waals surface area (Å²) in [4.78, 5) is 0. The largest absolute Gasteiger partial charge is 0.493 e. The zero-order valence-corrected chi connectivity index (χ0v) is 13.3. The van der Waals surface area contributed by atoms with Gasteiger partial charge in [-0.2, -0.15) is 0 Å². The number of rotatable bonds is 8. The summed E-state index contributed by atoms with van der Waals surface area (Å²) >= 11 is 0. The number of hydrogen-bond acceptors (Lipinski definition) is 5. The minimum absolute atomic E-state index is 0.129. The quantitative estimate of drug-likeness (QED) is 0.742. The summed E-state index contributed by atoms with van der Waals surface area (Å²) in [5.41, 5.74) is 1.10. The molecule has 0 spiro atoms. The first kappa shape index (κ1) is 16.8. The van der Waals surface area contributed by atoms with E-state index in [1.807, 2.05) is 25.2 Å². The Hall–Kier alpha value is -1.27. The van der Waals surface area contributed by atoms with E-state index in [2.05, 4.69) is 12.2 Å². The predicted molar refractivity (Wildman–Crippen MR) is 80.3 cm³/mol. The minimum Gasteiger partial charge on any atom is -0.493 e. The number of benzene rings is 1. The zero-order chi connectivity index (χ0) is 15.2. The SMILES string of the molecule is CNC(C)c1ccc(OCCCS(C)(=O)=O)c(OC)c1. The normalized spacial score (nSPS) is 13.0. The van der Waals surface area contributed by atoms with Crippen molar-refractivity contribution in [1.29, 1.82) is 0 Å². The van der Waals surface area contributed by atoms with Crippen LogP contribution < -0.4 is 14.8 Å². The lowest BCUT2D eigenvalue weighted by Gasteiger charge is -2.15. The molecule has 0 bridgehead atoms. The van der Waals surface area contributed by atoms with Crippen molar-refractivity contribution in [3.8, 4) is 11.5 Å². The van der Waals surface area contributed by atoms with Gasteiger partial charge in [0.1, 0.15) is 9.84 Å². The van der Waals surface area contributed by atoms with E-state index in [0.717, 1.165) is 5.56 Å². The van der Waals surface area contributed by atoms with Gasteiger partial charge in [-0.15, -0.1) is 0 Å². The molecule has 0 saturated heterocycles. The van der Waals surface area contributed by atoms with Gasteiger partial charge in [0.25, 0.3) is 0 Å². The standard InChI is InChI=1S/C14H23NO4S/c1-11(15-2)12-6-7-13(14(10-12)18-3)19-8-5-9-20(4,16)17/h6-7,10-11,15H,5,8-9H2,1-4H3. The molecule has 6 heteroatoms. The fraction of sp³-hybridized carbons (Fsp3) is 0.571. The summed E-state index contributed by atoms with van der Waals surface area (Å²) in [6.45, 7) is 2.41. The van der Waals surface area contributed by atoms with Crippen molar-refractivity contribution >= 4 is 9.84 Å². The van der Waals surface area contributed by atoms with Gasteiger partial charge in [0.2, 0.25) is 0 Å². The Labute approximate surface area is 121 Å². The summed E-state index contributed by atoms with van der Waals surface area (Å²) in [7, 11) is 0.550. The number of nitrogens with one attached hydrogen (secondary N) is 1. The average molecular weight is 301 g/mol. The van der Waals surface area contributed by atoms with Crippen LogP contribution in [-0.2, 0) is 9.84 Å². The van der Waals surface area contributed by atoms with Crippen LogP contribution in [0.3, 0.4) is 0 Å². The molecule has 5 nitrogen and oxygen atoms in total. The van der Waals surface area contributed by atoms with Crippen LogP contribution in [0.1, 0.15) is 24.9 Å². The molecule has 20 heavy (non-hydrogen) atoms.